The van der Waals surface area contributed by atoms with Crippen LogP contribution in [0.3, 0.4) is 0 Å². The van der Waals surface area contributed by atoms with Crippen LogP contribution in [0.1, 0.15) is 1.43 Å². The van der Waals surface area contributed by atoms with E-state index in [9.17, 15) is 4.57 Å². The van der Waals surface area contributed by atoms with Crippen LogP contribution in [0.5, 0.6) is 0 Å². The van der Waals surface area contributed by atoms with Crippen molar-refractivity contribution in [3.8, 4) is 0 Å². The van der Waals surface area contributed by atoms with Crippen molar-refractivity contribution in [2.24, 2.45) is 0 Å². The Morgan fingerprint density at radius 1 is 1.71 bits per heavy atom. The maximum absolute atomic E-state index is 9.58. The van der Waals surface area contributed by atoms with Crippen LogP contribution in [0, 0.1) is 0 Å². The second kappa shape index (κ2) is 4.41. The van der Waals surface area contributed by atoms with Gasteiger partial charge in [0.25, 0.3) is 0 Å². The molecule has 0 aliphatic carbocycles. The Labute approximate surface area is 85.9 Å². The van der Waals surface area contributed by atoms with Crippen LogP contribution in [0.25, 0.3) is 0 Å². The van der Waals surface area contributed by atoms with Crippen LogP contribution in [-0.2, 0) is 4.57 Å². The van der Waals surface area contributed by atoms with Crippen molar-refractivity contribution < 1.29 is 67.2 Å². The normalized spacial score (nSPS) is 9.43. The molecule has 0 saturated heterocycles. The first-order valence-corrected chi connectivity index (χ1v) is 2.93. The Kier molecular flexibility index (Phi) is 7.14. The maximum Gasteiger partial charge on any atom is 1.00 e. The summed E-state index contributed by atoms with van der Waals surface area (Å²) in [4.78, 5) is 15.6. The van der Waals surface area contributed by atoms with Crippen molar-refractivity contribution in [2.75, 3.05) is 0 Å². The van der Waals surface area contributed by atoms with Crippen molar-refractivity contribution >= 4 is 7.60 Å². The molecule has 3 nitrogen and oxygen atoms in total. The molecule has 2 N–H and O–H groups in total. The Bertz CT molecular complexity index is 99.5. The fraction of sp³-hybridized carbons (Fsp3) is 0. The van der Waals surface area contributed by atoms with Gasteiger partial charge in [-0.25, -0.2) is 0 Å². The molecule has 7 heavy (non-hydrogen) atoms. The summed E-state index contributed by atoms with van der Waals surface area (Å²) in [6.07, 6.45) is 0. The predicted molar refractivity (Wildman–Crippen MR) is 23.4 cm³/mol. The van der Waals surface area contributed by atoms with Gasteiger partial charge in [-0.05, 0) is 0 Å². The molecule has 0 amide bonds. The first-order valence-electron chi connectivity index (χ1n) is 1.25. The molecule has 0 fully saturated rings. The Morgan fingerprint density at radius 2 is 1.86 bits per heavy atom. The summed E-state index contributed by atoms with van der Waals surface area (Å²) in [5.74, 6) is 0.604. The monoisotopic (exact) mass is 148 g/mol. The minimum atomic E-state index is -3.88. The van der Waals surface area contributed by atoms with Gasteiger partial charge in [-0.3, -0.25) is 4.57 Å². The van der Waals surface area contributed by atoms with Gasteiger partial charge in [0.05, 0.1) is 0 Å². The van der Waals surface area contributed by atoms with Gasteiger partial charge in [-0.1, -0.05) is 6.58 Å². The summed E-state index contributed by atoms with van der Waals surface area (Å²) < 4.78 is 9.58. The largest absolute Gasteiger partial charge is 1.00 e. The molecule has 0 rings (SSSR count). The van der Waals surface area contributed by atoms with E-state index in [4.69, 9.17) is 9.79 Å². The Balaban J connectivity index is -0.000000125. The average molecular weight is 148 g/mol. The third kappa shape index (κ3) is 11.2. The second-order valence-corrected chi connectivity index (χ2v) is 2.31. The number of rotatable bonds is 1. The molecule has 0 saturated carbocycles. The van der Waals surface area contributed by atoms with Crippen molar-refractivity contribution in [1.82, 2.24) is 0 Å². The molecule has 0 aromatic rings. The molecular formula is C2H6KO3P. The molecule has 5 heteroatoms. The SMILES string of the molecule is C=CP(=O)(O)O.[H-].[K+]. The second-order valence-electron chi connectivity index (χ2n) is 0.772. The van der Waals surface area contributed by atoms with E-state index in [1.165, 1.54) is 0 Å². The van der Waals surface area contributed by atoms with E-state index < -0.39 is 7.60 Å². The van der Waals surface area contributed by atoms with E-state index >= 15 is 0 Å². The van der Waals surface area contributed by atoms with Gasteiger partial charge in [0.1, 0.15) is 0 Å². The van der Waals surface area contributed by atoms with Gasteiger partial charge in [0.2, 0.25) is 0 Å². The van der Waals surface area contributed by atoms with Gasteiger partial charge in [0.15, 0.2) is 0 Å². The fourth-order valence-electron chi connectivity index (χ4n) is 0. The molecule has 0 aromatic carbocycles. The van der Waals surface area contributed by atoms with Crippen LogP contribution in [-0.4, -0.2) is 9.79 Å². The molecule has 0 spiro atoms. The zero-order valence-corrected chi connectivity index (χ0v) is 8.05. The molecule has 0 unspecified atom stereocenters. The first-order chi connectivity index (χ1) is 2.56. The minimum absolute atomic E-state index is 0. The van der Waals surface area contributed by atoms with Crippen molar-refractivity contribution in [3.05, 3.63) is 12.4 Å². The van der Waals surface area contributed by atoms with E-state index in [-0.39, 0.29) is 52.8 Å². The van der Waals surface area contributed by atoms with Crippen LogP contribution in [0.4, 0.5) is 0 Å². The Hall–Kier alpha value is 1.53. The van der Waals surface area contributed by atoms with Gasteiger partial charge < -0.3 is 11.2 Å². The summed E-state index contributed by atoms with van der Waals surface area (Å²) >= 11 is 0. The van der Waals surface area contributed by atoms with Gasteiger partial charge in [-0.15, -0.1) is 0 Å². The summed E-state index contributed by atoms with van der Waals surface area (Å²) in [6, 6.07) is 0. The quantitative estimate of drug-likeness (QED) is 0.317. The van der Waals surface area contributed by atoms with Crippen molar-refractivity contribution in [1.29, 1.82) is 0 Å². The minimum Gasteiger partial charge on any atom is -1.00 e. The topological polar surface area (TPSA) is 57.5 Å². The van der Waals surface area contributed by atoms with E-state index in [1.54, 1.807) is 0 Å². The molecule has 0 bridgehead atoms. The number of hydrogen-bond donors (Lipinski definition) is 2. The zero-order chi connectivity index (χ0) is 5.21. The Morgan fingerprint density at radius 3 is 1.86 bits per heavy atom. The summed E-state index contributed by atoms with van der Waals surface area (Å²) in [7, 11) is -3.88. The fourth-order valence-corrected chi connectivity index (χ4v) is 0. The summed E-state index contributed by atoms with van der Waals surface area (Å²) in [6.45, 7) is 2.87. The molecule has 0 heterocycles. The zero-order valence-electron chi connectivity index (χ0n) is 5.03. The molecule has 0 aromatic heterocycles. The van der Waals surface area contributed by atoms with Gasteiger partial charge in [-0.2, -0.15) is 0 Å². The van der Waals surface area contributed by atoms with Crippen LogP contribution < -0.4 is 51.4 Å². The van der Waals surface area contributed by atoms with Crippen LogP contribution in [0.15, 0.2) is 12.4 Å². The predicted octanol–water partition coefficient (Wildman–Crippen LogP) is -2.58. The van der Waals surface area contributed by atoms with Gasteiger partial charge >= 0.3 is 59.0 Å². The average Bonchev–Trinajstić information content (AvgIpc) is 1.35. The molecule has 0 atom stereocenters. The molecule has 0 aliphatic heterocycles. The summed E-state index contributed by atoms with van der Waals surface area (Å²) in [5.41, 5.74) is 0. The van der Waals surface area contributed by atoms with E-state index in [0.717, 1.165) is 0 Å². The van der Waals surface area contributed by atoms with E-state index in [0.29, 0.717) is 5.82 Å². The standard InChI is InChI=1S/C2H5O3P.K.H/c1-2-6(3,4)5;;/h2H,1H2,(H2,3,4,5);;/q;+1;-1. The smallest absolute Gasteiger partial charge is 1.00 e. The molecule has 0 aliphatic rings. The first kappa shape index (κ1) is 11.3. The van der Waals surface area contributed by atoms with E-state index in [2.05, 4.69) is 6.58 Å². The molecule has 0 radical (unpaired) electrons. The number of hydrogen-bond acceptors (Lipinski definition) is 1. The van der Waals surface area contributed by atoms with E-state index in [1.807, 2.05) is 0 Å². The third-order valence-electron chi connectivity index (χ3n) is 0.238. The molecule has 38 valence electrons. The van der Waals surface area contributed by atoms with Crippen molar-refractivity contribution in [2.45, 2.75) is 0 Å². The van der Waals surface area contributed by atoms with Crippen LogP contribution in [0.2, 0.25) is 0 Å². The third-order valence-corrected chi connectivity index (χ3v) is 0.714. The van der Waals surface area contributed by atoms with Crippen molar-refractivity contribution in [3.63, 3.8) is 0 Å². The van der Waals surface area contributed by atoms with Crippen LogP contribution >= 0.6 is 7.60 Å². The summed E-state index contributed by atoms with van der Waals surface area (Å²) in [5, 5.41) is 0. The molecular weight excluding hydrogens is 142 g/mol. The maximum atomic E-state index is 9.58. The van der Waals surface area contributed by atoms with Gasteiger partial charge in [0, 0.05) is 5.82 Å².